The lowest BCUT2D eigenvalue weighted by molar-refractivity contribution is 0.0526. The summed E-state index contributed by atoms with van der Waals surface area (Å²) < 4.78 is 24.0. The summed E-state index contributed by atoms with van der Waals surface area (Å²) in [6, 6.07) is 6.45. The van der Waals surface area contributed by atoms with Crippen molar-refractivity contribution in [2.75, 3.05) is 6.61 Å². The van der Waals surface area contributed by atoms with Crippen LogP contribution in [0.1, 0.15) is 22.8 Å². The molecule has 0 saturated carbocycles. The predicted molar refractivity (Wildman–Crippen MR) is 56.9 cm³/mol. The number of hydrogen-bond acceptors (Lipinski definition) is 3. The van der Waals surface area contributed by atoms with Crippen molar-refractivity contribution in [2.45, 2.75) is 12.7 Å². The lowest BCUT2D eigenvalue weighted by Gasteiger charge is -2.02. The second kappa shape index (κ2) is 5.63. The maximum atomic E-state index is 11.2. The highest BCUT2D eigenvalue weighted by Gasteiger charge is 2.06. The van der Waals surface area contributed by atoms with Crippen LogP contribution < -0.4 is 0 Å². The van der Waals surface area contributed by atoms with Crippen molar-refractivity contribution in [3.63, 3.8) is 0 Å². The second-order valence-electron chi connectivity index (χ2n) is 2.88. The molecule has 1 aromatic carbocycles. The van der Waals surface area contributed by atoms with Crippen LogP contribution in [0, 0.1) is 0 Å². The molecule has 1 N–H and O–H groups in total. The zero-order valence-corrected chi connectivity index (χ0v) is 9.12. The van der Waals surface area contributed by atoms with Gasteiger partial charge in [-0.25, -0.2) is 9.00 Å². The third-order valence-corrected chi connectivity index (χ3v) is 2.34. The molecule has 0 aliphatic heterocycles. The number of ether oxygens (including phenoxy) is 1. The van der Waals surface area contributed by atoms with Gasteiger partial charge in [-0.15, -0.1) is 0 Å². The van der Waals surface area contributed by atoms with Gasteiger partial charge in [0.05, 0.1) is 17.9 Å². The van der Waals surface area contributed by atoms with Crippen LogP contribution in [-0.4, -0.2) is 21.3 Å². The first kappa shape index (κ1) is 11.9. The Hall–Kier alpha value is -1.20. The van der Waals surface area contributed by atoms with Gasteiger partial charge in [0.2, 0.25) is 0 Å². The molecule has 0 amide bonds. The average molecular weight is 228 g/mol. The van der Waals surface area contributed by atoms with Crippen molar-refractivity contribution in [1.82, 2.24) is 0 Å². The third kappa shape index (κ3) is 3.81. The van der Waals surface area contributed by atoms with Gasteiger partial charge < -0.3 is 9.29 Å². The van der Waals surface area contributed by atoms with Crippen molar-refractivity contribution in [1.29, 1.82) is 0 Å². The Morgan fingerprint density at radius 3 is 2.47 bits per heavy atom. The maximum absolute atomic E-state index is 11.2. The van der Waals surface area contributed by atoms with Gasteiger partial charge in [-0.2, -0.15) is 0 Å². The Morgan fingerprint density at radius 2 is 2.00 bits per heavy atom. The van der Waals surface area contributed by atoms with Gasteiger partial charge in [-0.1, -0.05) is 12.1 Å². The van der Waals surface area contributed by atoms with E-state index in [4.69, 9.17) is 9.29 Å². The van der Waals surface area contributed by atoms with Crippen molar-refractivity contribution in [3.05, 3.63) is 35.4 Å². The molecule has 0 saturated heterocycles. The topological polar surface area (TPSA) is 63.6 Å². The summed E-state index contributed by atoms with van der Waals surface area (Å²) in [5, 5.41) is 0. The van der Waals surface area contributed by atoms with Crippen molar-refractivity contribution in [2.24, 2.45) is 0 Å². The first-order chi connectivity index (χ1) is 7.13. The summed E-state index contributed by atoms with van der Waals surface area (Å²) >= 11 is -1.85. The summed E-state index contributed by atoms with van der Waals surface area (Å²) in [6.07, 6.45) is 0. The van der Waals surface area contributed by atoms with Crippen LogP contribution in [0.3, 0.4) is 0 Å². The van der Waals surface area contributed by atoms with Gasteiger partial charge in [0, 0.05) is 0 Å². The fourth-order valence-corrected chi connectivity index (χ4v) is 1.57. The van der Waals surface area contributed by atoms with E-state index in [-0.39, 0.29) is 11.7 Å². The Labute approximate surface area is 90.5 Å². The quantitative estimate of drug-likeness (QED) is 0.627. The highest BCUT2D eigenvalue weighted by molar-refractivity contribution is 7.78. The largest absolute Gasteiger partial charge is 0.462 e. The van der Waals surface area contributed by atoms with Gasteiger partial charge in [0.1, 0.15) is 0 Å². The Morgan fingerprint density at radius 1 is 1.40 bits per heavy atom. The normalized spacial score (nSPS) is 12.1. The minimum absolute atomic E-state index is 0.0725. The average Bonchev–Trinajstić information content (AvgIpc) is 2.18. The van der Waals surface area contributed by atoms with E-state index in [1.165, 1.54) is 0 Å². The van der Waals surface area contributed by atoms with E-state index in [9.17, 15) is 9.00 Å². The zero-order chi connectivity index (χ0) is 11.3. The fraction of sp³-hybridized carbons (Fsp3) is 0.300. The molecule has 5 heteroatoms. The van der Waals surface area contributed by atoms with Gasteiger partial charge in [-0.05, 0) is 24.6 Å². The molecule has 1 atom stereocenters. The van der Waals surface area contributed by atoms with Crippen LogP contribution in [0.25, 0.3) is 0 Å². The SMILES string of the molecule is CCOC(=O)c1ccc(CS(=O)O)cc1. The molecular weight excluding hydrogens is 216 g/mol. The molecule has 0 heterocycles. The van der Waals surface area contributed by atoms with Gasteiger partial charge in [-0.3, -0.25) is 0 Å². The maximum Gasteiger partial charge on any atom is 0.338 e. The van der Waals surface area contributed by atoms with E-state index < -0.39 is 11.1 Å². The minimum atomic E-state index is -1.85. The predicted octanol–water partition coefficient (Wildman–Crippen LogP) is 1.58. The lowest BCUT2D eigenvalue weighted by Crippen LogP contribution is -2.04. The number of esters is 1. The molecular formula is C10H12O4S. The van der Waals surface area contributed by atoms with Crippen LogP contribution >= 0.6 is 0 Å². The zero-order valence-electron chi connectivity index (χ0n) is 8.30. The molecule has 82 valence electrons. The molecule has 1 aromatic rings. The van der Waals surface area contributed by atoms with E-state index >= 15 is 0 Å². The van der Waals surface area contributed by atoms with Crippen LogP contribution in [-0.2, 0) is 21.6 Å². The first-order valence-corrected chi connectivity index (χ1v) is 5.74. The molecule has 0 aliphatic carbocycles. The van der Waals surface area contributed by atoms with Gasteiger partial charge in [0.25, 0.3) is 0 Å². The fourth-order valence-electron chi connectivity index (χ4n) is 1.09. The Kier molecular flexibility index (Phi) is 4.45. The van der Waals surface area contributed by atoms with E-state index in [0.29, 0.717) is 17.7 Å². The molecule has 0 fully saturated rings. The molecule has 0 aromatic heterocycles. The van der Waals surface area contributed by atoms with Crippen molar-refractivity contribution >= 4 is 17.0 Å². The molecule has 0 radical (unpaired) electrons. The van der Waals surface area contributed by atoms with Crippen LogP contribution in [0.4, 0.5) is 0 Å². The van der Waals surface area contributed by atoms with Crippen LogP contribution in [0.15, 0.2) is 24.3 Å². The number of carbonyl (C=O) groups is 1. The number of carbonyl (C=O) groups excluding carboxylic acids is 1. The smallest absolute Gasteiger partial charge is 0.338 e. The van der Waals surface area contributed by atoms with E-state index in [0.717, 1.165) is 0 Å². The molecule has 15 heavy (non-hydrogen) atoms. The summed E-state index contributed by atoms with van der Waals surface area (Å²) in [5.74, 6) is -0.308. The standard InChI is InChI=1S/C10H12O4S/c1-2-14-10(11)9-5-3-8(4-6-9)7-15(12)13/h3-6H,2,7H2,1H3,(H,12,13). The number of hydrogen-bond donors (Lipinski definition) is 1. The van der Waals surface area contributed by atoms with Crippen LogP contribution in [0.5, 0.6) is 0 Å². The number of benzene rings is 1. The highest BCUT2D eigenvalue weighted by Crippen LogP contribution is 2.07. The summed E-state index contributed by atoms with van der Waals surface area (Å²) in [7, 11) is 0. The Bertz CT molecular complexity index is 358. The second-order valence-corrected chi connectivity index (χ2v) is 3.81. The van der Waals surface area contributed by atoms with E-state index in [1.807, 2.05) is 0 Å². The minimum Gasteiger partial charge on any atom is -0.462 e. The Balaban J connectivity index is 2.71. The molecule has 0 aliphatic rings. The van der Waals surface area contributed by atoms with Crippen molar-refractivity contribution < 1.29 is 18.3 Å². The van der Waals surface area contributed by atoms with E-state index in [2.05, 4.69) is 0 Å². The summed E-state index contributed by atoms with van der Waals surface area (Å²) in [6.45, 7) is 2.07. The van der Waals surface area contributed by atoms with Gasteiger partial charge in [0.15, 0.2) is 11.1 Å². The molecule has 4 nitrogen and oxygen atoms in total. The monoisotopic (exact) mass is 228 g/mol. The molecule has 0 bridgehead atoms. The highest BCUT2D eigenvalue weighted by atomic mass is 32.2. The van der Waals surface area contributed by atoms with Crippen LogP contribution in [0.2, 0.25) is 0 Å². The molecule has 1 unspecified atom stereocenters. The first-order valence-electron chi connectivity index (χ1n) is 4.47. The lowest BCUT2D eigenvalue weighted by atomic mass is 10.1. The summed E-state index contributed by atoms with van der Waals surface area (Å²) in [5.41, 5.74) is 1.16. The third-order valence-electron chi connectivity index (χ3n) is 1.76. The number of rotatable bonds is 4. The summed E-state index contributed by atoms with van der Waals surface area (Å²) in [4.78, 5) is 11.2. The van der Waals surface area contributed by atoms with Gasteiger partial charge >= 0.3 is 5.97 Å². The molecule has 1 rings (SSSR count). The molecule has 0 spiro atoms. The van der Waals surface area contributed by atoms with Crippen molar-refractivity contribution in [3.8, 4) is 0 Å². The van der Waals surface area contributed by atoms with E-state index in [1.54, 1.807) is 31.2 Å².